The summed E-state index contributed by atoms with van der Waals surface area (Å²) in [7, 11) is 0. The predicted molar refractivity (Wildman–Crippen MR) is 49.6 cm³/mol. The Balaban J connectivity index is 3.23. The van der Waals surface area contributed by atoms with Crippen LogP contribution in [0.25, 0.3) is 0 Å². The summed E-state index contributed by atoms with van der Waals surface area (Å²) >= 11 is 0. The minimum atomic E-state index is -0.156. The number of halogens is 1. The minimum absolute atomic E-state index is 0.156. The Hall–Kier alpha value is -1.05. The number of rotatable bonds is 1. The lowest BCUT2D eigenvalue weighted by molar-refractivity contribution is 0.597. The van der Waals surface area contributed by atoms with Gasteiger partial charge in [0.2, 0.25) is 0 Å². The highest BCUT2D eigenvalue weighted by atomic mass is 19.1. The average Bonchev–Trinajstić information content (AvgIpc) is 1.96. The Bertz CT molecular complexity index is 292. The number of nitrogens with two attached hydrogens (primary N) is 1. The van der Waals surface area contributed by atoms with Crippen molar-refractivity contribution < 1.29 is 4.39 Å². The van der Waals surface area contributed by atoms with E-state index in [0.717, 1.165) is 5.56 Å². The van der Waals surface area contributed by atoms with E-state index >= 15 is 0 Å². The largest absolute Gasteiger partial charge is 0.399 e. The van der Waals surface area contributed by atoms with Crippen molar-refractivity contribution in [2.75, 3.05) is 5.73 Å². The van der Waals surface area contributed by atoms with Crippen LogP contribution in [0.5, 0.6) is 0 Å². The van der Waals surface area contributed by atoms with Crippen LogP contribution in [0.15, 0.2) is 12.1 Å². The molecule has 2 heteroatoms. The average molecular weight is 167 g/mol. The van der Waals surface area contributed by atoms with E-state index in [4.69, 9.17) is 5.73 Å². The molecule has 0 aliphatic carbocycles. The number of nitrogen functional groups attached to an aromatic ring is 1. The maximum Gasteiger partial charge on any atom is 0.127 e. The molecule has 12 heavy (non-hydrogen) atoms. The summed E-state index contributed by atoms with van der Waals surface area (Å²) in [5.41, 5.74) is 7.82. The summed E-state index contributed by atoms with van der Waals surface area (Å²) in [6.07, 6.45) is 0. The highest BCUT2D eigenvalue weighted by Crippen LogP contribution is 2.23. The Kier molecular flexibility index (Phi) is 2.36. The van der Waals surface area contributed by atoms with Gasteiger partial charge in [-0.2, -0.15) is 0 Å². The predicted octanol–water partition coefficient (Wildman–Crippen LogP) is 2.84. The first kappa shape index (κ1) is 9.04. The summed E-state index contributed by atoms with van der Waals surface area (Å²) < 4.78 is 13.2. The summed E-state index contributed by atoms with van der Waals surface area (Å²) in [6, 6.07) is 3.21. The van der Waals surface area contributed by atoms with Crippen molar-refractivity contribution >= 4 is 5.69 Å². The molecule has 0 bridgehead atoms. The molecular formula is C10H14FN. The second-order valence-corrected chi connectivity index (χ2v) is 3.39. The first-order valence-electron chi connectivity index (χ1n) is 4.08. The van der Waals surface area contributed by atoms with E-state index in [0.29, 0.717) is 11.3 Å². The molecule has 0 aliphatic rings. The molecule has 1 aromatic rings. The van der Waals surface area contributed by atoms with Crippen LogP contribution in [-0.4, -0.2) is 0 Å². The van der Waals surface area contributed by atoms with Crippen molar-refractivity contribution in [3.8, 4) is 0 Å². The third-order valence-corrected chi connectivity index (χ3v) is 2.01. The van der Waals surface area contributed by atoms with Crippen LogP contribution in [0.1, 0.15) is 30.9 Å². The fourth-order valence-corrected chi connectivity index (χ4v) is 1.15. The molecule has 0 radical (unpaired) electrons. The maximum atomic E-state index is 13.2. The zero-order valence-corrected chi connectivity index (χ0v) is 7.69. The van der Waals surface area contributed by atoms with Crippen LogP contribution in [0.2, 0.25) is 0 Å². The van der Waals surface area contributed by atoms with Crippen molar-refractivity contribution in [1.29, 1.82) is 0 Å². The third-order valence-electron chi connectivity index (χ3n) is 2.01. The maximum absolute atomic E-state index is 13.2. The van der Waals surface area contributed by atoms with Crippen LogP contribution < -0.4 is 5.73 Å². The van der Waals surface area contributed by atoms with Gasteiger partial charge in [0.1, 0.15) is 5.82 Å². The van der Waals surface area contributed by atoms with Gasteiger partial charge < -0.3 is 5.73 Å². The molecule has 1 rings (SSSR count). The van der Waals surface area contributed by atoms with Gasteiger partial charge in [-0.3, -0.25) is 0 Å². The molecule has 0 saturated carbocycles. The van der Waals surface area contributed by atoms with Gasteiger partial charge in [0.15, 0.2) is 0 Å². The van der Waals surface area contributed by atoms with E-state index in [1.165, 1.54) is 6.07 Å². The second-order valence-electron chi connectivity index (χ2n) is 3.39. The van der Waals surface area contributed by atoms with Crippen molar-refractivity contribution in [2.45, 2.75) is 26.7 Å². The number of hydrogen-bond donors (Lipinski definition) is 1. The number of anilines is 1. The summed E-state index contributed by atoms with van der Waals surface area (Å²) in [5.74, 6) is 0.0320. The fraction of sp³-hybridized carbons (Fsp3) is 0.400. The second kappa shape index (κ2) is 3.13. The van der Waals surface area contributed by atoms with Crippen molar-refractivity contribution in [3.05, 3.63) is 29.1 Å². The molecule has 0 unspecified atom stereocenters. The smallest absolute Gasteiger partial charge is 0.127 e. The standard InChI is InChI=1S/C10H14FN/c1-6(2)8-5-10(12)7(3)4-9(8)11/h4-6H,12H2,1-3H3. The number of hydrogen-bond acceptors (Lipinski definition) is 1. The van der Waals surface area contributed by atoms with Gasteiger partial charge in [-0.05, 0) is 36.1 Å². The van der Waals surface area contributed by atoms with Gasteiger partial charge >= 0.3 is 0 Å². The molecule has 2 N–H and O–H groups in total. The topological polar surface area (TPSA) is 26.0 Å². The molecule has 0 amide bonds. The molecule has 66 valence electrons. The molecule has 0 fully saturated rings. The van der Waals surface area contributed by atoms with E-state index < -0.39 is 0 Å². The third kappa shape index (κ3) is 1.58. The van der Waals surface area contributed by atoms with E-state index in [2.05, 4.69) is 0 Å². The molecular weight excluding hydrogens is 153 g/mol. The van der Waals surface area contributed by atoms with Crippen molar-refractivity contribution in [2.24, 2.45) is 0 Å². The van der Waals surface area contributed by atoms with Gasteiger partial charge in [0, 0.05) is 5.69 Å². The molecule has 1 nitrogen and oxygen atoms in total. The van der Waals surface area contributed by atoms with Crippen LogP contribution in [0.4, 0.5) is 10.1 Å². The zero-order chi connectivity index (χ0) is 9.30. The highest BCUT2D eigenvalue weighted by Gasteiger charge is 2.08. The summed E-state index contributed by atoms with van der Waals surface area (Å²) in [4.78, 5) is 0. The quantitative estimate of drug-likeness (QED) is 0.639. The molecule has 0 aromatic heterocycles. The van der Waals surface area contributed by atoms with Gasteiger partial charge in [0.25, 0.3) is 0 Å². The Morgan fingerprint density at radius 2 is 1.92 bits per heavy atom. The lowest BCUT2D eigenvalue weighted by Crippen LogP contribution is -1.98. The SMILES string of the molecule is Cc1cc(F)c(C(C)C)cc1N. The first-order chi connectivity index (χ1) is 5.52. The van der Waals surface area contributed by atoms with Gasteiger partial charge in [-0.25, -0.2) is 4.39 Å². The van der Waals surface area contributed by atoms with E-state index in [9.17, 15) is 4.39 Å². The Morgan fingerprint density at radius 1 is 1.33 bits per heavy atom. The summed E-state index contributed by atoms with van der Waals surface area (Å²) in [5, 5.41) is 0. The molecule has 0 spiro atoms. The van der Waals surface area contributed by atoms with E-state index in [-0.39, 0.29) is 11.7 Å². The lowest BCUT2D eigenvalue weighted by Gasteiger charge is -2.09. The fourth-order valence-electron chi connectivity index (χ4n) is 1.15. The van der Waals surface area contributed by atoms with Crippen molar-refractivity contribution in [3.63, 3.8) is 0 Å². The van der Waals surface area contributed by atoms with Gasteiger partial charge in [-0.15, -0.1) is 0 Å². The Morgan fingerprint density at radius 3 is 2.42 bits per heavy atom. The first-order valence-corrected chi connectivity index (χ1v) is 4.08. The molecule has 0 atom stereocenters. The monoisotopic (exact) mass is 167 g/mol. The summed E-state index contributed by atoms with van der Waals surface area (Å²) in [6.45, 7) is 5.71. The highest BCUT2D eigenvalue weighted by molar-refractivity contribution is 5.49. The normalized spacial score (nSPS) is 10.8. The molecule has 0 aliphatic heterocycles. The zero-order valence-electron chi connectivity index (χ0n) is 7.69. The number of aryl methyl sites for hydroxylation is 1. The van der Waals surface area contributed by atoms with Crippen LogP contribution in [0, 0.1) is 12.7 Å². The molecule has 1 aromatic carbocycles. The van der Waals surface area contributed by atoms with Crippen LogP contribution in [0.3, 0.4) is 0 Å². The Labute approximate surface area is 72.4 Å². The van der Waals surface area contributed by atoms with Crippen molar-refractivity contribution in [1.82, 2.24) is 0 Å². The van der Waals surface area contributed by atoms with E-state index in [1.54, 1.807) is 6.07 Å². The van der Waals surface area contributed by atoms with Gasteiger partial charge in [0.05, 0.1) is 0 Å². The number of benzene rings is 1. The lowest BCUT2D eigenvalue weighted by atomic mass is 10.00. The molecule has 0 heterocycles. The minimum Gasteiger partial charge on any atom is -0.399 e. The van der Waals surface area contributed by atoms with E-state index in [1.807, 2.05) is 20.8 Å². The van der Waals surface area contributed by atoms with Gasteiger partial charge in [-0.1, -0.05) is 13.8 Å². The molecule has 0 saturated heterocycles. The van der Waals surface area contributed by atoms with Crippen LogP contribution >= 0.6 is 0 Å². The van der Waals surface area contributed by atoms with Crippen LogP contribution in [-0.2, 0) is 0 Å².